The Morgan fingerprint density at radius 2 is 2.25 bits per heavy atom. The highest BCUT2D eigenvalue weighted by atomic mass is 32.2. The standard InChI is InChI=1S/C13H11N3O6S2/c1-2-21-11(17)9-6-23-12(14-9)16-24(19,20)7-3-4-8-10(5-7)22-13(18)15-8/h3-6H,2H2,1H3,(H,14,16)(H,15,18). The minimum Gasteiger partial charge on any atom is -0.461 e. The van der Waals surface area contributed by atoms with Crippen LogP contribution in [0.4, 0.5) is 5.13 Å². The number of fused-ring (bicyclic) bond motifs is 1. The van der Waals surface area contributed by atoms with Crippen LogP contribution in [0.2, 0.25) is 0 Å². The zero-order valence-electron chi connectivity index (χ0n) is 12.2. The zero-order valence-corrected chi connectivity index (χ0v) is 13.9. The molecule has 11 heteroatoms. The first-order chi connectivity index (χ1) is 11.4. The van der Waals surface area contributed by atoms with E-state index in [1.54, 1.807) is 6.92 Å². The van der Waals surface area contributed by atoms with Gasteiger partial charge in [-0.1, -0.05) is 0 Å². The van der Waals surface area contributed by atoms with Crippen LogP contribution < -0.4 is 10.5 Å². The first-order valence-corrected chi connectivity index (χ1v) is 9.03. The first-order valence-electron chi connectivity index (χ1n) is 6.67. The summed E-state index contributed by atoms with van der Waals surface area (Å²) in [6.07, 6.45) is 0. The van der Waals surface area contributed by atoms with Crippen LogP contribution in [-0.2, 0) is 14.8 Å². The van der Waals surface area contributed by atoms with Gasteiger partial charge in [0.2, 0.25) is 0 Å². The maximum atomic E-state index is 12.4. The fourth-order valence-electron chi connectivity index (χ4n) is 1.89. The van der Waals surface area contributed by atoms with Crippen molar-refractivity contribution >= 4 is 43.6 Å². The number of sulfonamides is 1. The summed E-state index contributed by atoms with van der Waals surface area (Å²) in [6.45, 7) is 1.85. The average molecular weight is 369 g/mol. The molecule has 0 aliphatic carbocycles. The van der Waals surface area contributed by atoms with Crippen LogP contribution in [-0.4, -0.2) is 31.0 Å². The Balaban J connectivity index is 1.87. The molecule has 0 bridgehead atoms. The second-order valence-corrected chi connectivity index (χ2v) is 7.08. The summed E-state index contributed by atoms with van der Waals surface area (Å²) in [5, 5.41) is 1.42. The number of anilines is 1. The number of hydrogen-bond donors (Lipinski definition) is 2. The number of rotatable bonds is 5. The highest BCUT2D eigenvalue weighted by Gasteiger charge is 2.19. The molecule has 0 amide bonds. The van der Waals surface area contributed by atoms with Gasteiger partial charge in [-0.25, -0.2) is 23.0 Å². The lowest BCUT2D eigenvalue weighted by Gasteiger charge is -2.04. The lowest BCUT2D eigenvalue weighted by molar-refractivity contribution is 0.0520. The number of aromatic nitrogens is 2. The van der Waals surface area contributed by atoms with Crippen LogP contribution in [0.3, 0.4) is 0 Å². The number of benzene rings is 1. The maximum Gasteiger partial charge on any atom is 0.417 e. The molecule has 0 unspecified atom stereocenters. The Kier molecular flexibility index (Phi) is 4.11. The predicted octanol–water partition coefficient (Wildman–Crippen LogP) is 1.56. The van der Waals surface area contributed by atoms with Crippen LogP contribution in [0, 0.1) is 0 Å². The predicted molar refractivity (Wildman–Crippen MR) is 85.7 cm³/mol. The van der Waals surface area contributed by atoms with E-state index in [1.165, 1.54) is 23.6 Å². The summed E-state index contributed by atoms with van der Waals surface area (Å²) in [5.41, 5.74) is 0.527. The molecule has 0 spiro atoms. The molecule has 2 N–H and O–H groups in total. The number of carbonyl (C=O) groups is 1. The number of hydrogen-bond acceptors (Lipinski definition) is 8. The monoisotopic (exact) mass is 369 g/mol. The number of oxazole rings is 1. The molecule has 0 radical (unpaired) electrons. The molecular weight excluding hydrogens is 358 g/mol. The molecule has 0 aliphatic rings. The van der Waals surface area contributed by atoms with Crippen LogP contribution in [0.25, 0.3) is 11.1 Å². The van der Waals surface area contributed by atoms with Gasteiger partial charge in [-0.3, -0.25) is 9.71 Å². The Bertz CT molecular complexity index is 1060. The summed E-state index contributed by atoms with van der Waals surface area (Å²) in [5.74, 6) is -1.30. The van der Waals surface area contributed by atoms with Crippen molar-refractivity contribution in [3.8, 4) is 0 Å². The Morgan fingerprint density at radius 1 is 1.46 bits per heavy atom. The van der Waals surface area contributed by atoms with Crippen molar-refractivity contribution in [2.24, 2.45) is 0 Å². The molecule has 126 valence electrons. The van der Waals surface area contributed by atoms with Crippen LogP contribution in [0.5, 0.6) is 0 Å². The van der Waals surface area contributed by atoms with Gasteiger partial charge in [0, 0.05) is 11.4 Å². The fraction of sp³-hybridized carbons (Fsp3) is 0.154. The molecule has 0 atom stereocenters. The second kappa shape index (κ2) is 6.09. The maximum absolute atomic E-state index is 12.4. The molecule has 0 aliphatic heterocycles. The largest absolute Gasteiger partial charge is 0.461 e. The van der Waals surface area contributed by atoms with Crippen molar-refractivity contribution in [1.82, 2.24) is 9.97 Å². The lowest BCUT2D eigenvalue weighted by Crippen LogP contribution is -2.13. The summed E-state index contributed by atoms with van der Waals surface area (Å²) >= 11 is 0.951. The molecule has 2 heterocycles. The number of nitrogens with zero attached hydrogens (tertiary/aromatic N) is 1. The topological polar surface area (TPSA) is 131 Å². The van der Waals surface area contributed by atoms with E-state index in [0.717, 1.165) is 11.3 Å². The Morgan fingerprint density at radius 3 is 3.00 bits per heavy atom. The van der Waals surface area contributed by atoms with Gasteiger partial charge in [0.25, 0.3) is 10.0 Å². The number of esters is 1. The van der Waals surface area contributed by atoms with Crippen molar-refractivity contribution in [3.63, 3.8) is 0 Å². The van der Waals surface area contributed by atoms with E-state index >= 15 is 0 Å². The third-order valence-electron chi connectivity index (χ3n) is 2.91. The summed E-state index contributed by atoms with van der Waals surface area (Å²) in [6, 6.07) is 3.95. The molecule has 3 aromatic rings. The Labute approximate surface area is 139 Å². The van der Waals surface area contributed by atoms with Gasteiger partial charge in [-0.2, -0.15) is 0 Å². The smallest absolute Gasteiger partial charge is 0.417 e. The second-order valence-electron chi connectivity index (χ2n) is 4.54. The van der Waals surface area contributed by atoms with Crippen LogP contribution in [0.15, 0.2) is 37.7 Å². The van der Waals surface area contributed by atoms with Gasteiger partial charge >= 0.3 is 11.7 Å². The van der Waals surface area contributed by atoms with Gasteiger partial charge in [-0.15, -0.1) is 11.3 Å². The molecule has 3 rings (SSSR count). The van der Waals surface area contributed by atoms with Gasteiger partial charge in [-0.05, 0) is 19.1 Å². The van der Waals surface area contributed by atoms with E-state index < -0.39 is 21.7 Å². The van der Waals surface area contributed by atoms with Crippen molar-refractivity contribution in [2.45, 2.75) is 11.8 Å². The first kappa shape index (κ1) is 16.2. The van der Waals surface area contributed by atoms with Gasteiger partial charge in [0.05, 0.1) is 17.0 Å². The molecule has 0 saturated heterocycles. The number of H-pyrrole nitrogens is 1. The van der Waals surface area contributed by atoms with Crippen LogP contribution in [0.1, 0.15) is 17.4 Å². The van der Waals surface area contributed by atoms with E-state index in [4.69, 9.17) is 9.15 Å². The molecule has 24 heavy (non-hydrogen) atoms. The van der Waals surface area contributed by atoms with E-state index in [2.05, 4.69) is 14.7 Å². The minimum absolute atomic E-state index is 0.0200. The lowest BCUT2D eigenvalue weighted by atomic mass is 10.3. The highest BCUT2D eigenvalue weighted by Crippen LogP contribution is 2.22. The SMILES string of the molecule is CCOC(=O)c1csc(NS(=O)(=O)c2ccc3[nH]c(=O)oc3c2)n1. The highest BCUT2D eigenvalue weighted by molar-refractivity contribution is 7.93. The third-order valence-corrected chi connectivity index (χ3v) is 5.14. The van der Waals surface area contributed by atoms with E-state index in [1.807, 2.05) is 0 Å². The van der Waals surface area contributed by atoms with Crippen molar-refractivity contribution in [1.29, 1.82) is 0 Å². The number of aromatic amines is 1. The summed E-state index contributed by atoms with van der Waals surface area (Å²) < 4.78 is 36.6. The van der Waals surface area contributed by atoms with Crippen molar-refractivity contribution in [3.05, 3.63) is 39.8 Å². The molecule has 0 fully saturated rings. The zero-order chi connectivity index (χ0) is 17.3. The van der Waals surface area contributed by atoms with Crippen LogP contribution >= 0.6 is 11.3 Å². The quantitative estimate of drug-likeness (QED) is 0.652. The number of ether oxygens (including phenoxy) is 1. The average Bonchev–Trinajstić information content (AvgIpc) is 3.11. The molecule has 9 nitrogen and oxygen atoms in total. The van der Waals surface area contributed by atoms with Crippen molar-refractivity contribution < 1.29 is 22.4 Å². The van der Waals surface area contributed by atoms with Gasteiger partial charge in [0.15, 0.2) is 16.4 Å². The summed E-state index contributed by atoms with van der Waals surface area (Å²) in [4.78, 5) is 28.9. The third kappa shape index (κ3) is 3.16. The fourth-order valence-corrected chi connectivity index (χ4v) is 3.83. The normalized spacial score (nSPS) is 11.5. The van der Waals surface area contributed by atoms with Crippen molar-refractivity contribution in [2.75, 3.05) is 11.3 Å². The Hall–Kier alpha value is -2.66. The molecule has 0 saturated carbocycles. The summed E-state index contributed by atoms with van der Waals surface area (Å²) in [7, 11) is -3.95. The number of carbonyl (C=O) groups excluding carboxylic acids is 1. The molecular formula is C13H11N3O6S2. The molecule has 2 aromatic heterocycles. The molecule has 1 aromatic carbocycles. The van der Waals surface area contributed by atoms with E-state index in [9.17, 15) is 18.0 Å². The number of thiazole rings is 1. The van der Waals surface area contributed by atoms with Gasteiger partial charge in [0.1, 0.15) is 0 Å². The van der Waals surface area contributed by atoms with E-state index in [0.29, 0.717) is 5.52 Å². The van der Waals surface area contributed by atoms with E-state index in [-0.39, 0.29) is 27.9 Å². The van der Waals surface area contributed by atoms with Gasteiger partial charge < -0.3 is 9.15 Å². The number of nitrogens with one attached hydrogen (secondary N) is 2. The minimum atomic E-state index is -3.95.